The molecule has 2 heterocycles. The van der Waals surface area contributed by atoms with Crippen molar-refractivity contribution >= 4 is 40.4 Å². The molecule has 0 fully saturated rings. The van der Waals surface area contributed by atoms with Crippen LogP contribution in [-0.2, 0) is 0 Å². The minimum atomic E-state index is -0.454. The number of nitrogens with two attached hydrogens (primary N) is 1. The highest BCUT2D eigenvalue weighted by Crippen LogP contribution is 2.27. The number of nitrogen functional groups attached to an aromatic ring is 1. The molecule has 4 aromatic rings. The number of para-hydroxylation sites is 1. The van der Waals surface area contributed by atoms with Gasteiger partial charge in [-0.15, -0.1) is 0 Å². The first kappa shape index (κ1) is 20.5. The molecule has 156 valence electrons. The summed E-state index contributed by atoms with van der Waals surface area (Å²) in [5.41, 5.74) is 6.82. The molecule has 0 saturated carbocycles. The summed E-state index contributed by atoms with van der Waals surface area (Å²) in [5.74, 6) is 0.804. The Hall–Kier alpha value is -3.78. The highest BCUT2D eigenvalue weighted by Gasteiger charge is 2.22. The van der Waals surface area contributed by atoms with Gasteiger partial charge >= 0.3 is 0 Å². The van der Waals surface area contributed by atoms with Gasteiger partial charge in [-0.2, -0.15) is 0 Å². The van der Waals surface area contributed by atoms with Crippen LogP contribution in [0.5, 0.6) is 0 Å². The van der Waals surface area contributed by atoms with Gasteiger partial charge in [0, 0.05) is 0 Å². The number of nitrogens with zero attached hydrogens (tertiary/aromatic N) is 4. The van der Waals surface area contributed by atoms with Crippen LogP contribution in [0.3, 0.4) is 0 Å². The summed E-state index contributed by atoms with van der Waals surface area (Å²) < 4.78 is 1.53. The number of hydrogen-bond donors (Lipinski definition) is 2. The fraction of sp³-hybridized carbons (Fsp3) is 0.136. The summed E-state index contributed by atoms with van der Waals surface area (Å²) in [6.45, 7) is 1.94. The molecule has 2 aromatic carbocycles. The van der Waals surface area contributed by atoms with Crippen LogP contribution < -0.4 is 16.6 Å². The van der Waals surface area contributed by atoms with E-state index in [0.717, 1.165) is 0 Å². The summed E-state index contributed by atoms with van der Waals surface area (Å²) in [7, 11) is 0. The van der Waals surface area contributed by atoms with E-state index in [0.29, 0.717) is 40.1 Å². The quantitative estimate of drug-likeness (QED) is 0.443. The molecule has 4 rings (SSSR count). The van der Waals surface area contributed by atoms with Gasteiger partial charge in [-0.05, 0) is 30.7 Å². The van der Waals surface area contributed by atoms with Crippen molar-refractivity contribution in [1.82, 2.24) is 19.5 Å². The maximum Gasteiger partial charge on any atom is 0.267 e. The monoisotopic (exact) mass is 434 g/mol. The van der Waals surface area contributed by atoms with Crippen LogP contribution in [0.15, 0.2) is 59.7 Å². The normalized spacial score (nSPS) is 11.9. The van der Waals surface area contributed by atoms with E-state index in [9.17, 15) is 9.59 Å². The van der Waals surface area contributed by atoms with Crippen molar-refractivity contribution in [2.45, 2.75) is 19.4 Å². The Bertz CT molecular complexity index is 1320. The van der Waals surface area contributed by atoms with E-state index < -0.39 is 6.04 Å². The lowest BCUT2D eigenvalue weighted by atomic mass is 10.1. The Kier molecular flexibility index (Phi) is 5.64. The Morgan fingerprint density at radius 2 is 1.94 bits per heavy atom. The van der Waals surface area contributed by atoms with E-state index in [4.69, 9.17) is 22.3 Å². The maximum absolute atomic E-state index is 13.5. The lowest BCUT2D eigenvalue weighted by Crippen LogP contribution is -2.28. The minimum absolute atomic E-state index is 0.0704. The third-order valence-electron chi connectivity index (χ3n) is 4.95. The Morgan fingerprint density at radius 1 is 1.16 bits per heavy atom. The number of fused-ring (bicyclic) bond motifs is 1. The van der Waals surface area contributed by atoms with E-state index in [1.165, 1.54) is 10.9 Å². The van der Waals surface area contributed by atoms with Crippen molar-refractivity contribution in [3.05, 3.63) is 81.6 Å². The van der Waals surface area contributed by atoms with Gasteiger partial charge in [0.1, 0.15) is 23.8 Å². The van der Waals surface area contributed by atoms with Crippen LogP contribution in [0.25, 0.3) is 16.6 Å². The zero-order chi connectivity index (χ0) is 22.0. The third-order valence-corrected chi connectivity index (χ3v) is 5.27. The molecule has 0 saturated heterocycles. The highest BCUT2D eigenvalue weighted by molar-refractivity contribution is 6.35. The molecule has 0 aliphatic heterocycles. The van der Waals surface area contributed by atoms with Gasteiger partial charge in [0.15, 0.2) is 6.29 Å². The number of carbonyl (C=O) groups excluding carboxylic acids is 1. The summed E-state index contributed by atoms with van der Waals surface area (Å²) in [4.78, 5) is 37.8. The largest absolute Gasteiger partial charge is 0.383 e. The molecule has 0 aliphatic rings. The van der Waals surface area contributed by atoms with Crippen molar-refractivity contribution < 1.29 is 4.79 Å². The summed E-state index contributed by atoms with van der Waals surface area (Å²) in [6.07, 6.45) is 2.42. The fourth-order valence-corrected chi connectivity index (χ4v) is 3.67. The Morgan fingerprint density at radius 3 is 2.65 bits per heavy atom. The Labute approximate surface area is 182 Å². The molecule has 0 spiro atoms. The van der Waals surface area contributed by atoms with Crippen molar-refractivity contribution in [3.8, 4) is 5.69 Å². The molecule has 3 N–H and O–H groups in total. The number of benzene rings is 2. The standard InChI is InChI=1S/C22H19ClN6O2/c1-2-16(27-20-14(11-30)19(24)25-12-26-20)21-28-17-10-6-9-15(23)18(17)22(31)29(21)13-7-4-3-5-8-13/h3-12,16H,2H2,1H3,(H3,24,25,26,27). The molecule has 8 nitrogen and oxygen atoms in total. The number of nitrogens with one attached hydrogen (secondary N) is 1. The van der Waals surface area contributed by atoms with Crippen LogP contribution in [0.1, 0.15) is 35.6 Å². The van der Waals surface area contributed by atoms with Gasteiger partial charge in [-0.25, -0.2) is 15.0 Å². The summed E-state index contributed by atoms with van der Waals surface area (Å²) in [5, 5.41) is 3.88. The zero-order valence-corrected chi connectivity index (χ0v) is 17.4. The average molecular weight is 435 g/mol. The number of rotatable bonds is 6. The second kappa shape index (κ2) is 8.53. The predicted octanol–water partition coefficient (Wildman–Crippen LogP) is 3.79. The maximum atomic E-state index is 13.5. The number of hydrogen-bond acceptors (Lipinski definition) is 7. The number of anilines is 2. The van der Waals surface area contributed by atoms with Crippen LogP contribution >= 0.6 is 11.6 Å². The molecule has 2 aromatic heterocycles. The first-order valence-corrected chi connectivity index (χ1v) is 10.0. The van der Waals surface area contributed by atoms with Crippen LogP contribution in [0, 0.1) is 0 Å². The van der Waals surface area contributed by atoms with E-state index in [1.807, 2.05) is 37.3 Å². The van der Waals surface area contributed by atoms with Gasteiger partial charge in [-0.3, -0.25) is 14.2 Å². The lowest BCUT2D eigenvalue weighted by molar-refractivity contribution is 0.112. The summed E-state index contributed by atoms with van der Waals surface area (Å²) in [6, 6.07) is 13.9. The lowest BCUT2D eigenvalue weighted by Gasteiger charge is -2.23. The number of halogens is 1. The molecule has 0 radical (unpaired) electrons. The first-order chi connectivity index (χ1) is 15.0. The number of carbonyl (C=O) groups is 1. The van der Waals surface area contributed by atoms with Crippen molar-refractivity contribution in [3.63, 3.8) is 0 Å². The third kappa shape index (κ3) is 3.73. The van der Waals surface area contributed by atoms with Crippen molar-refractivity contribution in [2.75, 3.05) is 11.1 Å². The second-order valence-corrected chi connectivity index (χ2v) is 7.23. The molecule has 1 atom stereocenters. The molecule has 31 heavy (non-hydrogen) atoms. The topological polar surface area (TPSA) is 116 Å². The van der Waals surface area contributed by atoms with Gasteiger partial charge in [0.25, 0.3) is 5.56 Å². The van der Waals surface area contributed by atoms with E-state index in [2.05, 4.69) is 15.3 Å². The molecule has 1 unspecified atom stereocenters. The smallest absolute Gasteiger partial charge is 0.267 e. The van der Waals surface area contributed by atoms with Crippen LogP contribution in [0.4, 0.5) is 11.6 Å². The number of aldehydes is 1. The van der Waals surface area contributed by atoms with Crippen molar-refractivity contribution in [1.29, 1.82) is 0 Å². The molecule has 0 aliphatic carbocycles. The van der Waals surface area contributed by atoms with E-state index in [1.54, 1.807) is 18.2 Å². The summed E-state index contributed by atoms with van der Waals surface area (Å²) >= 11 is 6.34. The fourth-order valence-electron chi connectivity index (χ4n) is 3.42. The molecule has 0 bridgehead atoms. The highest BCUT2D eigenvalue weighted by atomic mass is 35.5. The molecular weight excluding hydrogens is 416 g/mol. The zero-order valence-electron chi connectivity index (χ0n) is 16.6. The van der Waals surface area contributed by atoms with Gasteiger partial charge < -0.3 is 11.1 Å². The first-order valence-electron chi connectivity index (χ1n) is 9.64. The van der Waals surface area contributed by atoms with Gasteiger partial charge in [0.2, 0.25) is 0 Å². The second-order valence-electron chi connectivity index (χ2n) is 6.82. The van der Waals surface area contributed by atoms with Crippen LogP contribution in [0.2, 0.25) is 5.02 Å². The minimum Gasteiger partial charge on any atom is -0.383 e. The Balaban J connectivity index is 1.96. The van der Waals surface area contributed by atoms with Gasteiger partial charge in [-0.1, -0.05) is 42.8 Å². The average Bonchev–Trinajstić information content (AvgIpc) is 2.78. The van der Waals surface area contributed by atoms with Gasteiger partial charge in [0.05, 0.1) is 33.2 Å². The van der Waals surface area contributed by atoms with Crippen LogP contribution in [-0.4, -0.2) is 25.8 Å². The predicted molar refractivity (Wildman–Crippen MR) is 121 cm³/mol. The molecule has 9 heteroatoms. The van der Waals surface area contributed by atoms with E-state index >= 15 is 0 Å². The van der Waals surface area contributed by atoms with E-state index in [-0.39, 0.29) is 22.8 Å². The molecule has 0 amide bonds. The molecular formula is C22H19ClN6O2. The van der Waals surface area contributed by atoms with Crippen molar-refractivity contribution in [2.24, 2.45) is 0 Å². The SMILES string of the molecule is CCC(Nc1ncnc(N)c1C=O)c1nc2cccc(Cl)c2c(=O)n1-c1ccccc1. The number of aromatic nitrogens is 4.